The molecule has 2 bridgehead atoms. The largest absolute Gasteiger partial charge is 0.493 e. The van der Waals surface area contributed by atoms with Gasteiger partial charge in [0.25, 0.3) is 0 Å². The lowest BCUT2D eigenvalue weighted by Crippen LogP contribution is -2.78. The normalized spacial score (nSPS) is 34.9. The smallest absolute Gasteiger partial charge is 0.165 e. The molecule has 3 fully saturated rings. The molecule has 2 saturated carbocycles. The summed E-state index contributed by atoms with van der Waals surface area (Å²) in [7, 11) is 1.78. The van der Waals surface area contributed by atoms with Crippen LogP contribution in [0.15, 0.2) is 42.5 Å². The number of likely N-dealkylation sites (tertiary alicyclic amines) is 1. The molecule has 1 spiro atoms. The molecule has 4 heteroatoms. The summed E-state index contributed by atoms with van der Waals surface area (Å²) in [6.07, 6.45) is 9.64. The van der Waals surface area contributed by atoms with Crippen LogP contribution in [0.2, 0.25) is 0 Å². The summed E-state index contributed by atoms with van der Waals surface area (Å²) < 4.78 is 20.0. The van der Waals surface area contributed by atoms with Gasteiger partial charge >= 0.3 is 0 Å². The molecule has 0 amide bonds. The van der Waals surface area contributed by atoms with Crippen LogP contribution >= 0.6 is 0 Å². The molecule has 2 aromatic carbocycles. The summed E-state index contributed by atoms with van der Waals surface area (Å²) in [5.74, 6) is 3.30. The molecule has 1 saturated heterocycles. The van der Waals surface area contributed by atoms with Crippen molar-refractivity contribution in [2.45, 2.75) is 81.5 Å². The monoisotopic (exact) mass is 473 g/mol. The Kier molecular flexibility index (Phi) is 5.22. The highest BCUT2D eigenvalue weighted by Crippen LogP contribution is 2.68. The van der Waals surface area contributed by atoms with E-state index in [0.717, 1.165) is 62.7 Å². The van der Waals surface area contributed by atoms with E-state index in [9.17, 15) is 0 Å². The van der Waals surface area contributed by atoms with Crippen molar-refractivity contribution in [3.05, 3.63) is 59.2 Å². The zero-order valence-corrected chi connectivity index (χ0v) is 21.3. The summed E-state index contributed by atoms with van der Waals surface area (Å²) in [6.45, 7) is 5.71. The van der Waals surface area contributed by atoms with Crippen LogP contribution in [-0.2, 0) is 23.0 Å². The van der Waals surface area contributed by atoms with Crippen LogP contribution in [0.3, 0.4) is 0 Å². The van der Waals surface area contributed by atoms with Crippen LogP contribution in [-0.4, -0.2) is 49.5 Å². The van der Waals surface area contributed by atoms with Crippen LogP contribution in [0.4, 0.5) is 0 Å². The number of ether oxygens (including phenoxy) is 3. The standard InChI is InChI=1S/C31H39NO3/c1-21-19-32(20-23-12-13-23)26-18-24-14-15-25(33-2)29-28(24)31(21)27(35-29)11-6-16-30(26,31)34-17-7-10-22-8-4-3-5-9-22/h3-5,8-9,14-15,21,23,26-27H,6-7,10-13,16-20H2,1-2H3/t21-,26?,27+,30-,31-/m1/s1. The molecule has 5 atom stereocenters. The van der Waals surface area contributed by atoms with Gasteiger partial charge in [-0.05, 0) is 80.4 Å². The van der Waals surface area contributed by atoms with E-state index >= 15 is 0 Å². The topological polar surface area (TPSA) is 30.9 Å². The van der Waals surface area contributed by atoms with Gasteiger partial charge in [-0.2, -0.15) is 0 Å². The van der Waals surface area contributed by atoms with Crippen molar-refractivity contribution in [3.63, 3.8) is 0 Å². The highest BCUT2D eigenvalue weighted by Gasteiger charge is 2.74. The van der Waals surface area contributed by atoms with Crippen molar-refractivity contribution in [1.82, 2.24) is 4.90 Å². The number of benzene rings is 2. The fourth-order valence-electron chi connectivity index (χ4n) is 8.57. The first-order chi connectivity index (χ1) is 17.2. The molecule has 2 heterocycles. The second kappa shape index (κ2) is 8.24. The molecule has 7 rings (SSSR count). The average Bonchev–Trinajstić information content (AvgIpc) is 3.62. The predicted octanol–water partition coefficient (Wildman–Crippen LogP) is 5.55. The van der Waals surface area contributed by atoms with E-state index in [0.29, 0.717) is 12.0 Å². The highest BCUT2D eigenvalue weighted by atomic mass is 16.5. The Hall–Kier alpha value is -2.04. The maximum absolute atomic E-state index is 7.33. The Morgan fingerprint density at radius 3 is 2.74 bits per heavy atom. The second-order valence-corrected chi connectivity index (χ2v) is 11.8. The van der Waals surface area contributed by atoms with Crippen molar-refractivity contribution in [2.75, 3.05) is 26.8 Å². The number of methoxy groups -OCH3 is 1. The summed E-state index contributed by atoms with van der Waals surface area (Å²) in [6, 6.07) is 15.8. The number of hydrogen-bond donors (Lipinski definition) is 0. The minimum absolute atomic E-state index is 0.0693. The summed E-state index contributed by atoms with van der Waals surface area (Å²) >= 11 is 0. The quantitative estimate of drug-likeness (QED) is 0.470. The molecule has 186 valence electrons. The second-order valence-electron chi connectivity index (χ2n) is 11.8. The number of hydrogen-bond acceptors (Lipinski definition) is 4. The van der Waals surface area contributed by atoms with Crippen LogP contribution in [0.1, 0.15) is 62.1 Å². The molecular weight excluding hydrogens is 434 g/mol. The van der Waals surface area contributed by atoms with E-state index in [4.69, 9.17) is 14.2 Å². The molecule has 5 aliphatic rings. The lowest BCUT2D eigenvalue weighted by Gasteiger charge is -2.67. The van der Waals surface area contributed by atoms with Gasteiger partial charge in [-0.1, -0.05) is 43.3 Å². The van der Waals surface area contributed by atoms with Gasteiger partial charge in [0, 0.05) is 31.3 Å². The Bertz CT molecular complexity index is 1100. The van der Waals surface area contributed by atoms with Gasteiger partial charge < -0.3 is 14.2 Å². The number of nitrogens with zero attached hydrogens (tertiary/aromatic N) is 1. The van der Waals surface area contributed by atoms with Crippen LogP contribution in [0.5, 0.6) is 11.5 Å². The molecule has 0 radical (unpaired) electrons. The Morgan fingerprint density at radius 2 is 1.94 bits per heavy atom. The van der Waals surface area contributed by atoms with E-state index in [-0.39, 0.29) is 17.1 Å². The van der Waals surface area contributed by atoms with E-state index in [1.165, 1.54) is 42.5 Å². The number of piperidine rings is 1. The Morgan fingerprint density at radius 1 is 1.09 bits per heavy atom. The van der Waals surface area contributed by atoms with Gasteiger partial charge in [-0.25, -0.2) is 0 Å². The zero-order valence-electron chi connectivity index (χ0n) is 21.3. The minimum atomic E-state index is -0.177. The van der Waals surface area contributed by atoms with E-state index in [1.807, 2.05) is 0 Å². The minimum Gasteiger partial charge on any atom is -0.493 e. The molecule has 2 aromatic rings. The van der Waals surface area contributed by atoms with Gasteiger partial charge in [0.15, 0.2) is 11.5 Å². The van der Waals surface area contributed by atoms with Gasteiger partial charge in [-0.3, -0.25) is 4.90 Å². The maximum atomic E-state index is 7.33. The summed E-state index contributed by atoms with van der Waals surface area (Å²) in [5.41, 5.74) is 4.08. The van der Waals surface area contributed by atoms with Gasteiger partial charge in [0.2, 0.25) is 0 Å². The molecule has 0 aromatic heterocycles. The van der Waals surface area contributed by atoms with Crippen LogP contribution in [0.25, 0.3) is 0 Å². The predicted molar refractivity (Wildman–Crippen MR) is 137 cm³/mol. The highest BCUT2D eigenvalue weighted by molar-refractivity contribution is 5.63. The van der Waals surface area contributed by atoms with E-state index < -0.39 is 0 Å². The van der Waals surface area contributed by atoms with E-state index in [1.54, 1.807) is 7.11 Å². The summed E-state index contributed by atoms with van der Waals surface area (Å²) in [4.78, 5) is 2.85. The fraction of sp³-hybridized carbons (Fsp3) is 0.613. The van der Waals surface area contributed by atoms with Crippen molar-refractivity contribution in [3.8, 4) is 11.5 Å². The van der Waals surface area contributed by atoms with Crippen LogP contribution in [0, 0.1) is 11.8 Å². The molecule has 35 heavy (non-hydrogen) atoms. The van der Waals surface area contributed by atoms with Crippen molar-refractivity contribution < 1.29 is 14.2 Å². The van der Waals surface area contributed by atoms with Gasteiger partial charge in [-0.15, -0.1) is 0 Å². The number of aryl methyl sites for hydroxylation is 1. The van der Waals surface area contributed by atoms with Gasteiger partial charge in [0.1, 0.15) is 6.10 Å². The third-order valence-electron chi connectivity index (χ3n) is 10.0. The maximum Gasteiger partial charge on any atom is 0.165 e. The van der Waals surface area contributed by atoms with Crippen LogP contribution < -0.4 is 9.47 Å². The Labute approximate surface area is 209 Å². The summed E-state index contributed by atoms with van der Waals surface area (Å²) in [5, 5.41) is 0. The van der Waals surface area contributed by atoms with Crippen molar-refractivity contribution in [2.24, 2.45) is 11.8 Å². The average molecular weight is 474 g/mol. The molecule has 1 unspecified atom stereocenters. The zero-order chi connectivity index (χ0) is 23.6. The Balaban J connectivity index is 1.30. The molecule has 3 aliphatic carbocycles. The first kappa shape index (κ1) is 22.2. The van der Waals surface area contributed by atoms with E-state index in [2.05, 4.69) is 54.3 Å². The van der Waals surface area contributed by atoms with Crippen molar-refractivity contribution >= 4 is 0 Å². The van der Waals surface area contributed by atoms with Crippen molar-refractivity contribution in [1.29, 1.82) is 0 Å². The lowest BCUT2D eigenvalue weighted by atomic mass is 9.46. The van der Waals surface area contributed by atoms with Gasteiger partial charge in [0.05, 0.1) is 18.1 Å². The fourth-order valence-corrected chi connectivity index (χ4v) is 8.57. The molecular formula is C31H39NO3. The molecule has 4 nitrogen and oxygen atoms in total. The molecule has 2 aliphatic heterocycles. The lowest BCUT2D eigenvalue weighted by molar-refractivity contribution is -0.233. The number of rotatable bonds is 8. The third kappa shape index (κ3) is 3.12. The first-order valence-electron chi connectivity index (χ1n) is 14.0. The SMILES string of the molecule is COc1ccc2c3c1O[C@H]1CCC[C@@]4(OCCCc5ccccc5)C(C2)N(CC2CC2)C[C@@H](C)[C@]314. The third-order valence-corrected chi connectivity index (χ3v) is 10.0. The molecule has 0 N–H and O–H groups in total. The first-order valence-corrected chi connectivity index (χ1v) is 14.0.